The number of hydrogen-bond acceptors (Lipinski definition) is 8. The molecule has 3 rings (SSSR count). The molecule has 0 bridgehead atoms. The number of nitrogens with one attached hydrogen (secondary N) is 3. The van der Waals surface area contributed by atoms with Crippen molar-refractivity contribution in [2.45, 2.75) is 6.42 Å². The lowest BCUT2D eigenvalue weighted by atomic mass is 10.3. The zero-order chi connectivity index (χ0) is 17.6. The summed E-state index contributed by atoms with van der Waals surface area (Å²) in [6, 6.07) is 3.67. The van der Waals surface area contributed by atoms with Crippen LogP contribution < -0.4 is 16.0 Å². The van der Waals surface area contributed by atoms with Crippen molar-refractivity contribution < 1.29 is 9.59 Å². The molecular formula is C15H14N6O2S2. The summed E-state index contributed by atoms with van der Waals surface area (Å²) < 4.78 is 0. The minimum absolute atomic E-state index is 0.131. The van der Waals surface area contributed by atoms with Gasteiger partial charge in [0.15, 0.2) is 10.3 Å². The van der Waals surface area contributed by atoms with Crippen LogP contribution in [0.15, 0.2) is 35.3 Å². The van der Waals surface area contributed by atoms with E-state index in [1.807, 2.05) is 12.1 Å². The van der Waals surface area contributed by atoms with Crippen LogP contribution in [0.3, 0.4) is 0 Å². The predicted octanol–water partition coefficient (Wildman–Crippen LogP) is 2.28. The number of carbonyl (C=O) groups is 2. The Bertz CT molecular complexity index is 877. The van der Waals surface area contributed by atoms with Crippen molar-refractivity contribution in [2.75, 3.05) is 17.7 Å². The predicted molar refractivity (Wildman–Crippen MR) is 97.5 cm³/mol. The highest BCUT2D eigenvalue weighted by atomic mass is 32.1. The number of aromatic nitrogens is 3. The van der Waals surface area contributed by atoms with Crippen molar-refractivity contribution in [3.05, 3.63) is 46.7 Å². The van der Waals surface area contributed by atoms with Crippen molar-refractivity contribution in [2.24, 2.45) is 0 Å². The van der Waals surface area contributed by atoms with Gasteiger partial charge in [-0.3, -0.25) is 19.9 Å². The maximum atomic E-state index is 12.2. The largest absolute Gasteiger partial charge is 0.359 e. The van der Waals surface area contributed by atoms with Crippen LogP contribution in [-0.2, 0) is 11.2 Å². The van der Waals surface area contributed by atoms with E-state index >= 15 is 0 Å². The molecule has 0 atom stereocenters. The zero-order valence-electron chi connectivity index (χ0n) is 13.1. The third-order valence-corrected chi connectivity index (χ3v) is 4.61. The SMILES string of the molecule is CNC(=O)Cc1csc(NC(=O)c2csc(Nc3cccnc3)n2)n1. The van der Waals surface area contributed by atoms with E-state index < -0.39 is 0 Å². The Morgan fingerprint density at radius 3 is 2.76 bits per heavy atom. The molecule has 8 nitrogen and oxygen atoms in total. The number of amides is 2. The van der Waals surface area contributed by atoms with E-state index in [-0.39, 0.29) is 18.2 Å². The van der Waals surface area contributed by atoms with E-state index in [0.717, 1.165) is 5.69 Å². The molecule has 0 aliphatic heterocycles. The highest BCUT2D eigenvalue weighted by molar-refractivity contribution is 7.14. The number of likely N-dealkylation sites (N-methyl/N-ethyl adjacent to an activating group) is 1. The maximum absolute atomic E-state index is 12.2. The van der Waals surface area contributed by atoms with Crippen molar-refractivity contribution >= 4 is 50.4 Å². The smallest absolute Gasteiger partial charge is 0.276 e. The first-order valence-electron chi connectivity index (χ1n) is 7.23. The number of anilines is 3. The molecule has 0 aromatic carbocycles. The maximum Gasteiger partial charge on any atom is 0.276 e. The van der Waals surface area contributed by atoms with Gasteiger partial charge in [0, 0.05) is 24.0 Å². The van der Waals surface area contributed by atoms with Gasteiger partial charge >= 0.3 is 0 Å². The number of nitrogens with zero attached hydrogens (tertiary/aromatic N) is 3. The molecule has 0 radical (unpaired) electrons. The molecule has 3 aromatic rings. The summed E-state index contributed by atoms with van der Waals surface area (Å²) in [7, 11) is 1.57. The minimum atomic E-state index is -0.351. The molecule has 0 spiro atoms. The summed E-state index contributed by atoms with van der Waals surface area (Å²) in [5, 5.41) is 12.7. The van der Waals surface area contributed by atoms with E-state index in [0.29, 0.717) is 21.7 Å². The summed E-state index contributed by atoms with van der Waals surface area (Å²) >= 11 is 2.58. The second kappa shape index (κ2) is 7.81. The molecule has 2 amide bonds. The standard InChI is InChI=1S/C15H14N6O2S2/c1-16-12(22)5-10-7-24-15(19-10)21-13(23)11-8-25-14(20-11)18-9-3-2-4-17-6-9/h2-4,6-8H,5H2,1H3,(H,16,22)(H,18,20)(H,19,21,23). The van der Waals surface area contributed by atoms with E-state index in [1.54, 1.807) is 30.2 Å². The van der Waals surface area contributed by atoms with Crippen LogP contribution in [0.4, 0.5) is 16.0 Å². The molecule has 3 heterocycles. The molecule has 0 aliphatic carbocycles. The van der Waals surface area contributed by atoms with Crippen LogP contribution >= 0.6 is 22.7 Å². The zero-order valence-corrected chi connectivity index (χ0v) is 14.8. The summed E-state index contributed by atoms with van der Waals surface area (Å²) in [4.78, 5) is 36.1. The quantitative estimate of drug-likeness (QED) is 0.611. The van der Waals surface area contributed by atoms with Crippen LogP contribution in [0, 0.1) is 0 Å². The van der Waals surface area contributed by atoms with Gasteiger partial charge in [-0.15, -0.1) is 22.7 Å². The Kier molecular flexibility index (Phi) is 5.31. The second-order valence-corrected chi connectivity index (χ2v) is 6.57. The first-order chi connectivity index (χ1) is 12.1. The molecular weight excluding hydrogens is 360 g/mol. The van der Waals surface area contributed by atoms with Gasteiger partial charge in [-0.1, -0.05) is 0 Å². The fourth-order valence-electron chi connectivity index (χ4n) is 1.86. The molecule has 128 valence electrons. The highest BCUT2D eigenvalue weighted by Crippen LogP contribution is 2.22. The Morgan fingerprint density at radius 1 is 1.16 bits per heavy atom. The van der Waals surface area contributed by atoms with Crippen LogP contribution in [0.1, 0.15) is 16.2 Å². The van der Waals surface area contributed by atoms with Crippen LogP contribution in [-0.4, -0.2) is 33.8 Å². The normalized spacial score (nSPS) is 10.3. The molecule has 0 aliphatic rings. The monoisotopic (exact) mass is 374 g/mol. The lowest BCUT2D eigenvalue weighted by Gasteiger charge is -2.00. The van der Waals surface area contributed by atoms with Gasteiger partial charge in [0.1, 0.15) is 5.69 Å². The molecule has 10 heteroatoms. The summed E-state index contributed by atoms with van der Waals surface area (Å²) in [5.41, 5.74) is 1.69. The average molecular weight is 374 g/mol. The molecule has 0 saturated heterocycles. The number of pyridine rings is 1. The van der Waals surface area contributed by atoms with E-state index in [1.165, 1.54) is 22.7 Å². The second-order valence-electron chi connectivity index (χ2n) is 4.85. The first kappa shape index (κ1) is 17.0. The molecule has 0 unspecified atom stereocenters. The first-order valence-corrected chi connectivity index (χ1v) is 8.99. The van der Waals surface area contributed by atoms with E-state index in [4.69, 9.17) is 0 Å². The number of carbonyl (C=O) groups excluding carboxylic acids is 2. The van der Waals surface area contributed by atoms with Gasteiger partial charge in [-0.25, -0.2) is 9.97 Å². The Morgan fingerprint density at radius 2 is 2.00 bits per heavy atom. The van der Waals surface area contributed by atoms with E-state index in [2.05, 4.69) is 30.9 Å². The summed E-state index contributed by atoms with van der Waals surface area (Å²) in [6.45, 7) is 0. The highest BCUT2D eigenvalue weighted by Gasteiger charge is 2.14. The molecule has 3 aromatic heterocycles. The molecule has 0 fully saturated rings. The minimum Gasteiger partial charge on any atom is -0.359 e. The molecule has 0 saturated carbocycles. The lowest BCUT2D eigenvalue weighted by molar-refractivity contribution is -0.120. The fraction of sp³-hybridized carbons (Fsp3) is 0.133. The van der Waals surface area contributed by atoms with Crippen molar-refractivity contribution in [3.63, 3.8) is 0 Å². The third-order valence-electron chi connectivity index (χ3n) is 3.04. The Hall–Kier alpha value is -2.85. The van der Waals surface area contributed by atoms with Crippen molar-refractivity contribution in [1.29, 1.82) is 0 Å². The lowest BCUT2D eigenvalue weighted by Crippen LogP contribution is -2.20. The number of rotatable bonds is 6. The molecule has 25 heavy (non-hydrogen) atoms. The van der Waals surface area contributed by atoms with Crippen molar-refractivity contribution in [1.82, 2.24) is 20.3 Å². The Balaban J connectivity index is 1.61. The van der Waals surface area contributed by atoms with Gasteiger partial charge in [0.25, 0.3) is 5.91 Å². The summed E-state index contributed by atoms with van der Waals surface area (Å²) in [5.74, 6) is -0.481. The van der Waals surface area contributed by atoms with Crippen LogP contribution in [0.2, 0.25) is 0 Å². The average Bonchev–Trinajstić information content (AvgIpc) is 3.25. The van der Waals surface area contributed by atoms with Gasteiger partial charge in [0.05, 0.1) is 24.0 Å². The fourth-order valence-corrected chi connectivity index (χ4v) is 3.27. The number of thiazole rings is 2. The third kappa shape index (κ3) is 4.58. The Labute approximate surface area is 151 Å². The topological polar surface area (TPSA) is 109 Å². The molecule has 3 N–H and O–H groups in total. The van der Waals surface area contributed by atoms with E-state index in [9.17, 15) is 9.59 Å². The van der Waals surface area contributed by atoms with Gasteiger partial charge < -0.3 is 10.6 Å². The van der Waals surface area contributed by atoms with Gasteiger partial charge in [0.2, 0.25) is 5.91 Å². The van der Waals surface area contributed by atoms with Crippen LogP contribution in [0.5, 0.6) is 0 Å². The van der Waals surface area contributed by atoms with Crippen molar-refractivity contribution in [3.8, 4) is 0 Å². The van der Waals surface area contributed by atoms with Gasteiger partial charge in [-0.05, 0) is 12.1 Å². The van der Waals surface area contributed by atoms with Crippen LogP contribution in [0.25, 0.3) is 0 Å². The van der Waals surface area contributed by atoms with Gasteiger partial charge in [-0.2, -0.15) is 0 Å². The number of hydrogen-bond donors (Lipinski definition) is 3. The summed E-state index contributed by atoms with van der Waals surface area (Å²) in [6.07, 6.45) is 3.53.